The second kappa shape index (κ2) is 5.16. The highest BCUT2D eigenvalue weighted by Gasteiger charge is 2.35. The summed E-state index contributed by atoms with van der Waals surface area (Å²) in [6.45, 7) is 0.976. The van der Waals surface area contributed by atoms with Crippen molar-refractivity contribution in [3.63, 3.8) is 0 Å². The van der Waals surface area contributed by atoms with Gasteiger partial charge in [-0.15, -0.1) is 0 Å². The molecule has 0 saturated heterocycles. The van der Waals surface area contributed by atoms with Crippen molar-refractivity contribution in [2.45, 2.75) is 24.9 Å². The number of hydrogen-bond donors (Lipinski definition) is 2. The standard InChI is InChI=1S/C17H19NO/c19-13-17(18-12-14-6-2-1-3-7-14)10-15-8-4-5-9-16(15)11-17/h1-9,18-19H,10-13H2. The molecular formula is C17H19NO. The zero-order chi connectivity index (χ0) is 13.1. The molecule has 0 unspecified atom stereocenters. The van der Waals surface area contributed by atoms with Crippen molar-refractivity contribution < 1.29 is 5.11 Å². The number of aliphatic hydroxyl groups is 1. The summed E-state index contributed by atoms with van der Waals surface area (Å²) in [6, 6.07) is 18.8. The van der Waals surface area contributed by atoms with Gasteiger partial charge in [0.15, 0.2) is 0 Å². The highest BCUT2D eigenvalue weighted by Crippen LogP contribution is 2.30. The van der Waals surface area contributed by atoms with Crippen molar-refractivity contribution in [1.82, 2.24) is 5.32 Å². The maximum Gasteiger partial charge on any atom is 0.0619 e. The van der Waals surface area contributed by atoms with Gasteiger partial charge in [-0.1, -0.05) is 54.6 Å². The van der Waals surface area contributed by atoms with Gasteiger partial charge >= 0.3 is 0 Å². The van der Waals surface area contributed by atoms with Gasteiger partial charge in [0, 0.05) is 12.1 Å². The molecule has 0 heterocycles. The number of rotatable bonds is 4. The minimum absolute atomic E-state index is 0.175. The molecule has 3 rings (SSSR count). The smallest absolute Gasteiger partial charge is 0.0619 e. The first kappa shape index (κ1) is 12.4. The third-order valence-electron chi connectivity index (χ3n) is 3.99. The molecule has 0 amide bonds. The van der Waals surface area contributed by atoms with E-state index in [1.54, 1.807) is 0 Å². The Hall–Kier alpha value is -1.64. The Balaban J connectivity index is 1.73. The summed E-state index contributed by atoms with van der Waals surface area (Å²) in [4.78, 5) is 0. The molecule has 0 saturated carbocycles. The van der Waals surface area contributed by atoms with Gasteiger partial charge in [0.1, 0.15) is 0 Å². The zero-order valence-corrected chi connectivity index (χ0v) is 11.0. The number of benzene rings is 2. The van der Waals surface area contributed by atoms with Crippen LogP contribution in [0, 0.1) is 0 Å². The SMILES string of the molecule is OCC1(NCc2ccccc2)Cc2ccccc2C1. The van der Waals surface area contributed by atoms with Crippen molar-refractivity contribution in [3.8, 4) is 0 Å². The maximum atomic E-state index is 9.80. The van der Waals surface area contributed by atoms with Gasteiger partial charge in [0.25, 0.3) is 0 Å². The van der Waals surface area contributed by atoms with Crippen LogP contribution < -0.4 is 5.32 Å². The van der Waals surface area contributed by atoms with Crippen LogP contribution in [-0.4, -0.2) is 17.3 Å². The first-order valence-corrected chi connectivity index (χ1v) is 6.78. The Bertz CT molecular complexity index is 525. The predicted molar refractivity (Wildman–Crippen MR) is 76.9 cm³/mol. The van der Waals surface area contributed by atoms with Gasteiger partial charge in [-0.3, -0.25) is 0 Å². The van der Waals surface area contributed by atoms with Gasteiger partial charge in [-0.05, 0) is 29.5 Å². The fraction of sp³-hybridized carbons (Fsp3) is 0.294. The van der Waals surface area contributed by atoms with Crippen LogP contribution in [0.25, 0.3) is 0 Å². The van der Waals surface area contributed by atoms with E-state index in [9.17, 15) is 5.11 Å². The fourth-order valence-corrected chi connectivity index (χ4v) is 2.87. The summed E-state index contributed by atoms with van der Waals surface area (Å²) >= 11 is 0. The topological polar surface area (TPSA) is 32.3 Å². The number of nitrogens with one attached hydrogen (secondary N) is 1. The summed E-state index contributed by atoms with van der Waals surface area (Å²) in [7, 11) is 0. The van der Waals surface area contributed by atoms with Crippen molar-refractivity contribution in [2.24, 2.45) is 0 Å². The Kier molecular flexibility index (Phi) is 3.36. The van der Waals surface area contributed by atoms with Crippen LogP contribution in [0.4, 0.5) is 0 Å². The van der Waals surface area contributed by atoms with E-state index in [0.717, 1.165) is 19.4 Å². The average molecular weight is 253 g/mol. The zero-order valence-electron chi connectivity index (χ0n) is 11.0. The maximum absolute atomic E-state index is 9.80. The van der Waals surface area contributed by atoms with Crippen LogP contribution in [0.15, 0.2) is 54.6 Å². The molecule has 0 fully saturated rings. The first-order chi connectivity index (χ1) is 9.31. The average Bonchev–Trinajstić information content (AvgIpc) is 2.85. The van der Waals surface area contributed by atoms with Crippen LogP contribution in [-0.2, 0) is 19.4 Å². The van der Waals surface area contributed by atoms with Gasteiger partial charge in [-0.25, -0.2) is 0 Å². The molecular weight excluding hydrogens is 234 g/mol. The summed E-state index contributed by atoms with van der Waals surface area (Å²) in [5.74, 6) is 0. The summed E-state index contributed by atoms with van der Waals surface area (Å²) in [5.41, 5.74) is 3.78. The molecule has 0 spiro atoms. The van der Waals surface area contributed by atoms with Crippen LogP contribution >= 0.6 is 0 Å². The molecule has 19 heavy (non-hydrogen) atoms. The normalized spacial score (nSPS) is 16.3. The molecule has 1 aliphatic rings. The Labute approximate surface area is 114 Å². The van der Waals surface area contributed by atoms with Gasteiger partial charge in [0.05, 0.1) is 6.61 Å². The minimum atomic E-state index is -0.195. The van der Waals surface area contributed by atoms with Crippen molar-refractivity contribution in [3.05, 3.63) is 71.3 Å². The molecule has 2 N–H and O–H groups in total. The molecule has 2 heteroatoms. The lowest BCUT2D eigenvalue weighted by atomic mass is 9.96. The van der Waals surface area contributed by atoms with Gasteiger partial charge < -0.3 is 10.4 Å². The third kappa shape index (κ3) is 2.55. The largest absolute Gasteiger partial charge is 0.394 e. The predicted octanol–water partition coefficient (Wildman–Crippen LogP) is 2.31. The molecule has 2 aromatic carbocycles. The minimum Gasteiger partial charge on any atom is -0.394 e. The van der Waals surface area contributed by atoms with E-state index in [2.05, 4.69) is 41.7 Å². The van der Waals surface area contributed by atoms with E-state index in [1.165, 1.54) is 16.7 Å². The Morgan fingerprint density at radius 2 is 1.47 bits per heavy atom. The lowest BCUT2D eigenvalue weighted by molar-refractivity contribution is 0.166. The molecule has 0 atom stereocenters. The first-order valence-electron chi connectivity index (χ1n) is 6.78. The number of fused-ring (bicyclic) bond motifs is 1. The van der Waals surface area contributed by atoms with Crippen molar-refractivity contribution in [1.29, 1.82) is 0 Å². The molecule has 98 valence electrons. The van der Waals surface area contributed by atoms with Crippen molar-refractivity contribution in [2.75, 3.05) is 6.61 Å². The highest BCUT2D eigenvalue weighted by molar-refractivity contribution is 5.36. The van der Waals surface area contributed by atoms with E-state index >= 15 is 0 Å². The monoisotopic (exact) mass is 253 g/mol. The Morgan fingerprint density at radius 1 is 0.895 bits per heavy atom. The number of aliphatic hydroxyl groups excluding tert-OH is 1. The quantitative estimate of drug-likeness (QED) is 0.876. The summed E-state index contributed by atoms with van der Waals surface area (Å²) in [6.07, 6.45) is 1.82. The molecule has 2 nitrogen and oxygen atoms in total. The van der Waals surface area contributed by atoms with Crippen LogP contribution in [0.1, 0.15) is 16.7 Å². The van der Waals surface area contributed by atoms with E-state index in [1.807, 2.05) is 18.2 Å². The molecule has 0 aromatic heterocycles. The van der Waals surface area contributed by atoms with Crippen molar-refractivity contribution >= 4 is 0 Å². The summed E-state index contributed by atoms with van der Waals surface area (Å²) < 4.78 is 0. The van der Waals surface area contributed by atoms with Gasteiger partial charge in [0.2, 0.25) is 0 Å². The summed E-state index contributed by atoms with van der Waals surface area (Å²) in [5, 5.41) is 13.4. The van der Waals surface area contributed by atoms with Crippen LogP contribution in [0.5, 0.6) is 0 Å². The second-order valence-corrected chi connectivity index (χ2v) is 5.40. The highest BCUT2D eigenvalue weighted by atomic mass is 16.3. The molecule has 2 aromatic rings. The van der Waals surface area contributed by atoms with Crippen LogP contribution in [0.3, 0.4) is 0 Å². The fourth-order valence-electron chi connectivity index (χ4n) is 2.87. The lowest BCUT2D eigenvalue weighted by Crippen LogP contribution is -2.49. The molecule has 0 bridgehead atoms. The third-order valence-corrected chi connectivity index (χ3v) is 3.99. The molecule has 1 aliphatic carbocycles. The van der Waals surface area contributed by atoms with E-state index in [4.69, 9.17) is 0 Å². The second-order valence-electron chi connectivity index (χ2n) is 5.40. The Morgan fingerprint density at radius 3 is 2.05 bits per heavy atom. The van der Waals surface area contributed by atoms with E-state index in [-0.39, 0.29) is 12.1 Å². The number of hydrogen-bond acceptors (Lipinski definition) is 2. The van der Waals surface area contributed by atoms with Gasteiger partial charge in [-0.2, -0.15) is 0 Å². The lowest BCUT2D eigenvalue weighted by Gasteiger charge is -2.28. The van der Waals surface area contributed by atoms with Crippen LogP contribution in [0.2, 0.25) is 0 Å². The molecule has 0 radical (unpaired) electrons. The molecule has 0 aliphatic heterocycles. The van der Waals surface area contributed by atoms with E-state index in [0.29, 0.717) is 0 Å². The van der Waals surface area contributed by atoms with E-state index < -0.39 is 0 Å².